The normalized spacial score (nSPS) is 15.6. The van der Waals surface area contributed by atoms with Crippen LogP contribution in [0.1, 0.15) is 32.6 Å². The molecule has 27 heavy (non-hydrogen) atoms. The monoisotopic (exact) mass is 508 g/mol. The van der Waals surface area contributed by atoms with Crippen LogP contribution in [-0.4, -0.2) is 56.1 Å². The molecular formula is C19H30ClIN4O2. The summed E-state index contributed by atoms with van der Waals surface area (Å²) in [6.07, 6.45) is 4.68. The molecule has 6 nitrogen and oxygen atoms in total. The fourth-order valence-electron chi connectivity index (χ4n) is 2.73. The van der Waals surface area contributed by atoms with Gasteiger partial charge >= 0.3 is 0 Å². The molecular weight excluding hydrogens is 479 g/mol. The predicted octanol–water partition coefficient (Wildman–Crippen LogP) is 3.29. The number of halogens is 2. The highest BCUT2D eigenvalue weighted by Crippen LogP contribution is 2.18. The molecule has 1 amide bonds. The fraction of sp³-hybridized carbons (Fsp3) is 0.579. The Morgan fingerprint density at radius 3 is 2.52 bits per heavy atom. The minimum atomic E-state index is -0.0590. The van der Waals surface area contributed by atoms with E-state index in [1.54, 1.807) is 31.1 Å². The molecule has 1 aliphatic rings. The molecule has 0 bridgehead atoms. The van der Waals surface area contributed by atoms with E-state index in [-0.39, 0.29) is 42.5 Å². The van der Waals surface area contributed by atoms with Gasteiger partial charge in [0, 0.05) is 25.2 Å². The van der Waals surface area contributed by atoms with E-state index in [1.807, 2.05) is 19.1 Å². The van der Waals surface area contributed by atoms with Gasteiger partial charge in [-0.25, -0.2) is 4.99 Å². The summed E-state index contributed by atoms with van der Waals surface area (Å²) in [6.45, 7) is 2.69. The predicted molar refractivity (Wildman–Crippen MR) is 121 cm³/mol. The number of carbonyl (C=O) groups is 1. The molecule has 152 valence electrons. The lowest BCUT2D eigenvalue weighted by molar-refractivity contribution is -0.127. The van der Waals surface area contributed by atoms with Crippen LogP contribution >= 0.6 is 35.6 Å². The maximum atomic E-state index is 11.8. The molecule has 1 atom stereocenters. The molecule has 1 fully saturated rings. The van der Waals surface area contributed by atoms with Crippen LogP contribution in [0.25, 0.3) is 0 Å². The summed E-state index contributed by atoms with van der Waals surface area (Å²) in [5.41, 5.74) is 0. The van der Waals surface area contributed by atoms with Crippen LogP contribution in [-0.2, 0) is 4.79 Å². The van der Waals surface area contributed by atoms with Crippen LogP contribution in [0.2, 0.25) is 5.02 Å². The SMILES string of the molecule is CC(CNC(=NCC(=O)N(C)C)NC1CCCC1)Oc1ccc(Cl)cc1.I. The summed E-state index contributed by atoms with van der Waals surface area (Å²) < 4.78 is 5.87. The van der Waals surface area contributed by atoms with Crippen molar-refractivity contribution < 1.29 is 9.53 Å². The van der Waals surface area contributed by atoms with Gasteiger partial charge in [0.1, 0.15) is 18.4 Å². The van der Waals surface area contributed by atoms with Crippen molar-refractivity contribution in [1.29, 1.82) is 0 Å². The van der Waals surface area contributed by atoms with Crippen molar-refractivity contribution in [3.8, 4) is 5.75 Å². The minimum absolute atomic E-state index is 0. The Balaban J connectivity index is 0.00000364. The standard InChI is InChI=1S/C19H29ClN4O2.HI/c1-14(26-17-10-8-15(20)9-11-17)12-21-19(22-13-18(25)24(2)3)23-16-6-4-5-7-16;/h8-11,14,16H,4-7,12-13H2,1-3H3,(H2,21,22,23);1H. The van der Waals surface area contributed by atoms with Gasteiger partial charge in [-0.3, -0.25) is 4.79 Å². The zero-order chi connectivity index (χ0) is 18.9. The van der Waals surface area contributed by atoms with E-state index in [4.69, 9.17) is 16.3 Å². The van der Waals surface area contributed by atoms with Crippen LogP contribution in [0.15, 0.2) is 29.3 Å². The van der Waals surface area contributed by atoms with E-state index in [1.165, 1.54) is 12.8 Å². The first-order chi connectivity index (χ1) is 12.4. The lowest BCUT2D eigenvalue weighted by Crippen LogP contribution is -2.46. The summed E-state index contributed by atoms with van der Waals surface area (Å²) >= 11 is 5.89. The van der Waals surface area contributed by atoms with Crippen LogP contribution in [0.4, 0.5) is 0 Å². The first-order valence-electron chi connectivity index (χ1n) is 9.11. The Bertz CT molecular complexity index is 604. The highest BCUT2D eigenvalue weighted by Gasteiger charge is 2.17. The van der Waals surface area contributed by atoms with E-state index in [0.29, 0.717) is 23.6 Å². The Labute approximate surface area is 184 Å². The Kier molecular flexibility index (Phi) is 10.8. The number of benzene rings is 1. The molecule has 0 radical (unpaired) electrons. The number of likely N-dealkylation sites (N-methyl/N-ethyl adjacent to an activating group) is 1. The van der Waals surface area contributed by atoms with Gasteiger partial charge in [-0.05, 0) is 44.0 Å². The van der Waals surface area contributed by atoms with Crippen molar-refractivity contribution >= 4 is 47.4 Å². The summed E-state index contributed by atoms with van der Waals surface area (Å²) in [5, 5.41) is 7.41. The smallest absolute Gasteiger partial charge is 0.243 e. The number of amides is 1. The van der Waals surface area contributed by atoms with Crippen LogP contribution in [0, 0.1) is 0 Å². The summed E-state index contributed by atoms with van der Waals surface area (Å²) in [6, 6.07) is 7.72. The molecule has 1 aliphatic carbocycles. The number of ether oxygens (including phenoxy) is 1. The Hall–Kier alpha value is -1.22. The second kappa shape index (κ2) is 12.3. The van der Waals surface area contributed by atoms with Gasteiger partial charge < -0.3 is 20.3 Å². The summed E-state index contributed by atoms with van der Waals surface area (Å²) in [5.74, 6) is 1.41. The topological polar surface area (TPSA) is 66.0 Å². The number of rotatable bonds is 7. The van der Waals surface area contributed by atoms with Gasteiger partial charge in [-0.15, -0.1) is 24.0 Å². The van der Waals surface area contributed by atoms with Crippen molar-refractivity contribution in [1.82, 2.24) is 15.5 Å². The average molecular weight is 509 g/mol. The number of nitrogens with one attached hydrogen (secondary N) is 2. The molecule has 1 saturated carbocycles. The lowest BCUT2D eigenvalue weighted by atomic mass is 10.2. The minimum Gasteiger partial charge on any atom is -0.489 e. The highest BCUT2D eigenvalue weighted by atomic mass is 127. The average Bonchev–Trinajstić information content (AvgIpc) is 3.12. The van der Waals surface area contributed by atoms with Crippen molar-refractivity contribution in [3.05, 3.63) is 29.3 Å². The Morgan fingerprint density at radius 2 is 1.93 bits per heavy atom. The third-order valence-electron chi connectivity index (χ3n) is 4.28. The van der Waals surface area contributed by atoms with Crippen molar-refractivity contribution in [3.63, 3.8) is 0 Å². The zero-order valence-corrected chi connectivity index (χ0v) is 19.3. The van der Waals surface area contributed by atoms with E-state index < -0.39 is 0 Å². The molecule has 1 unspecified atom stereocenters. The van der Waals surface area contributed by atoms with E-state index >= 15 is 0 Å². The number of hydrogen-bond donors (Lipinski definition) is 2. The van der Waals surface area contributed by atoms with Crippen molar-refractivity contribution in [2.75, 3.05) is 27.2 Å². The zero-order valence-electron chi connectivity index (χ0n) is 16.2. The largest absolute Gasteiger partial charge is 0.489 e. The van der Waals surface area contributed by atoms with Gasteiger partial charge in [-0.1, -0.05) is 24.4 Å². The molecule has 0 saturated heterocycles. The van der Waals surface area contributed by atoms with E-state index in [0.717, 1.165) is 18.6 Å². The molecule has 0 aromatic heterocycles. The van der Waals surface area contributed by atoms with Gasteiger partial charge in [0.25, 0.3) is 0 Å². The number of guanidine groups is 1. The number of carbonyl (C=O) groups excluding carboxylic acids is 1. The van der Waals surface area contributed by atoms with Crippen LogP contribution in [0.3, 0.4) is 0 Å². The first-order valence-corrected chi connectivity index (χ1v) is 9.49. The second-order valence-corrected chi connectivity index (χ2v) is 7.28. The summed E-state index contributed by atoms with van der Waals surface area (Å²) in [7, 11) is 3.47. The van der Waals surface area contributed by atoms with Crippen LogP contribution in [0.5, 0.6) is 5.75 Å². The molecule has 2 N–H and O–H groups in total. The molecule has 8 heteroatoms. The maximum Gasteiger partial charge on any atom is 0.243 e. The van der Waals surface area contributed by atoms with E-state index in [9.17, 15) is 4.79 Å². The van der Waals surface area contributed by atoms with Gasteiger partial charge in [-0.2, -0.15) is 0 Å². The van der Waals surface area contributed by atoms with Gasteiger partial charge in [0.2, 0.25) is 5.91 Å². The molecule has 0 heterocycles. The molecule has 0 spiro atoms. The third kappa shape index (κ3) is 9.01. The van der Waals surface area contributed by atoms with Crippen LogP contribution < -0.4 is 15.4 Å². The summed E-state index contributed by atoms with van der Waals surface area (Å²) in [4.78, 5) is 17.8. The molecule has 1 aromatic carbocycles. The Morgan fingerprint density at radius 1 is 1.30 bits per heavy atom. The number of hydrogen-bond acceptors (Lipinski definition) is 3. The quantitative estimate of drug-likeness (QED) is 0.337. The van der Waals surface area contributed by atoms with Gasteiger partial charge in [0.05, 0.1) is 6.54 Å². The van der Waals surface area contributed by atoms with E-state index in [2.05, 4.69) is 15.6 Å². The van der Waals surface area contributed by atoms with Crippen molar-refractivity contribution in [2.24, 2.45) is 4.99 Å². The molecule has 0 aliphatic heterocycles. The lowest BCUT2D eigenvalue weighted by Gasteiger charge is -2.20. The van der Waals surface area contributed by atoms with Gasteiger partial charge in [0.15, 0.2) is 5.96 Å². The van der Waals surface area contributed by atoms with Crippen molar-refractivity contribution in [2.45, 2.75) is 44.8 Å². The number of nitrogens with zero attached hydrogens (tertiary/aromatic N) is 2. The fourth-order valence-corrected chi connectivity index (χ4v) is 2.86. The third-order valence-corrected chi connectivity index (χ3v) is 4.53. The molecule has 1 aromatic rings. The second-order valence-electron chi connectivity index (χ2n) is 6.84. The maximum absolute atomic E-state index is 11.8. The number of aliphatic imine (C=N–C) groups is 1. The highest BCUT2D eigenvalue weighted by molar-refractivity contribution is 14.0. The first kappa shape index (κ1) is 23.8. The molecule has 2 rings (SSSR count).